The summed E-state index contributed by atoms with van der Waals surface area (Å²) in [6, 6.07) is -5.86. The van der Waals surface area contributed by atoms with Crippen LogP contribution >= 0.6 is 0 Å². The molecule has 0 aromatic carbocycles. The normalized spacial score (nSPS) is 16.3. The van der Waals surface area contributed by atoms with Crippen LogP contribution in [-0.4, -0.2) is 81.2 Å². The molecule has 4 amide bonds. The van der Waals surface area contributed by atoms with Gasteiger partial charge in [-0.3, -0.25) is 24.0 Å². The summed E-state index contributed by atoms with van der Waals surface area (Å²) in [5.41, 5.74) is 10.8. The molecule has 0 saturated heterocycles. The highest BCUT2D eigenvalue weighted by Crippen LogP contribution is 2.07. The van der Waals surface area contributed by atoms with E-state index in [0.717, 1.165) is 0 Å². The fraction of sp³-hybridized carbons (Fsp3) is 0.684. The Morgan fingerprint density at radius 2 is 1.42 bits per heavy atom. The van der Waals surface area contributed by atoms with E-state index in [9.17, 15) is 39.0 Å². The number of carboxylic acid groups (broad SMARTS) is 2. The molecule has 0 aromatic heterocycles. The van der Waals surface area contributed by atoms with E-state index in [4.69, 9.17) is 16.6 Å². The zero-order valence-electron chi connectivity index (χ0n) is 18.7. The molecule has 0 fully saturated rings. The van der Waals surface area contributed by atoms with Crippen molar-refractivity contribution >= 4 is 35.6 Å². The van der Waals surface area contributed by atoms with E-state index in [-0.39, 0.29) is 18.8 Å². The third-order valence-corrected chi connectivity index (χ3v) is 4.93. The smallest absolute Gasteiger partial charge is 0.326 e. The van der Waals surface area contributed by atoms with Gasteiger partial charge >= 0.3 is 11.9 Å². The molecule has 14 nitrogen and oxygen atoms in total. The number of carbonyl (C=O) groups is 6. The molecule has 0 radical (unpaired) electrons. The molecule has 0 aliphatic rings. The molecule has 0 aliphatic carbocycles. The highest BCUT2D eigenvalue weighted by molar-refractivity contribution is 5.96. The number of primary amides is 1. The number of nitrogens with one attached hydrogen (secondary N) is 3. The molecule has 6 atom stereocenters. The van der Waals surface area contributed by atoms with Crippen molar-refractivity contribution in [2.75, 3.05) is 0 Å². The van der Waals surface area contributed by atoms with Gasteiger partial charge in [-0.05, 0) is 19.3 Å². The predicted octanol–water partition coefficient (Wildman–Crippen LogP) is -2.98. The molecular weight excluding hydrogens is 442 g/mol. The SMILES string of the molecule is CCC(C)C(N)C(=O)NC(C(=O)NC(CC(=O)O)C(=O)NC(CCC(N)=O)C(=O)O)C(C)O. The van der Waals surface area contributed by atoms with Crippen molar-refractivity contribution in [1.29, 1.82) is 0 Å². The Kier molecular flexibility index (Phi) is 12.6. The first-order valence-electron chi connectivity index (χ1n) is 10.3. The molecule has 33 heavy (non-hydrogen) atoms. The zero-order chi connectivity index (χ0) is 25.9. The molecule has 14 heteroatoms. The van der Waals surface area contributed by atoms with Crippen molar-refractivity contribution in [3.8, 4) is 0 Å². The third-order valence-electron chi connectivity index (χ3n) is 4.93. The van der Waals surface area contributed by atoms with Crippen molar-refractivity contribution in [3.63, 3.8) is 0 Å². The number of hydrogen-bond donors (Lipinski definition) is 8. The summed E-state index contributed by atoms with van der Waals surface area (Å²) in [6.45, 7) is 4.71. The van der Waals surface area contributed by atoms with E-state index in [1.54, 1.807) is 13.8 Å². The Bertz CT molecular complexity index is 743. The summed E-state index contributed by atoms with van der Waals surface area (Å²) < 4.78 is 0. The number of rotatable bonds is 15. The number of aliphatic carboxylic acids is 2. The molecule has 0 spiro atoms. The standard InChI is InChI=1S/C19H33N5O9/c1-4-8(2)14(21)17(30)24-15(9(3)25)18(31)23-11(7-13(27)28)16(29)22-10(19(32)33)5-6-12(20)26/h8-11,14-15,25H,4-7,21H2,1-3H3,(H2,20,26)(H,22,29)(H,23,31)(H,24,30)(H,27,28)(H,32,33). The van der Waals surface area contributed by atoms with Gasteiger partial charge in [0.15, 0.2) is 0 Å². The molecule has 0 aromatic rings. The van der Waals surface area contributed by atoms with Crippen molar-refractivity contribution in [1.82, 2.24) is 16.0 Å². The van der Waals surface area contributed by atoms with Gasteiger partial charge in [-0.15, -0.1) is 0 Å². The van der Waals surface area contributed by atoms with Gasteiger partial charge in [0.1, 0.15) is 18.1 Å². The molecule has 0 saturated carbocycles. The molecule has 6 unspecified atom stereocenters. The van der Waals surface area contributed by atoms with Gasteiger partial charge < -0.3 is 42.7 Å². The zero-order valence-corrected chi connectivity index (χ0v) is 18.7. The van der Waals surface area contributed by atoms with Crippen LogP contribution in [0.5, 0.6) is 0 Å². The second-order valence-electron chi connectivity index (χ2n) is 7.70. The maximum atomic E-state index is 12.6. The molecular formula is C19H33N5O9. The van der Waals surface area contributed by atoms with Crippen molar-refractivity contribution < 1.29 is 44.1 Å². The molecule has 0 bridgehead atoms. The lowest BCUT2D eigenvalue weighted by Crippen LogP contribution is -2.60. The summed E-state index contributed by atoms with van der Waals surface area (Å²) in [4.78, 5) is 70.8. The van der Waals surface area contributed by atoms with E-state index in [2.05, 4.69) is 10.6 Å². The number of carbonyl (C=O) groups excluding carboxylic acids is 4. The first kappa shape index (κ1) is 29.7. The number of carboxylic acids is 2. The molecule has 0 rings (SSSR count). The molecule has 0 heterocycles. The van der Waals surface area contributed by atoms with E-state index in [1.807, 2.05) is 5.32 Å². The Hall–Kier alpha value is -3.26. The van der Waals surface area contributed by atoms with Gasteiger partial charge in [0.25, 0.3) is 0 Å². The van der Waals surface area contributed by atoms with Crippen molar-refractivity contribution in [2.45, 2.75) is 76.7 Å². The minimum absolute atomic E-state index is 0.235. The number of hydrogen-bond acceptors (Lipinski definition) is 8. The Morgan fingerprint density at radius 1 is 0.879 bits per heavy atom. The van der Waals surface area contributed by atoms with Crippen LogP contribution in [0.1, 0.15) is 46.5 Å². The van der Waals surface area contributed by atoms with Gasteiger partial charge in [-0.25, -0.2) is 4.79 Å². The lowest BCUT2D eigenvalue weighted by Gasteiger charge is -2.26. The van der Waals surface area contributed by atoms with Gasteiger partial charge in [0.2, 0.25) is 23.6 Å². The predicted molar refractivity (Wildman–Crippen MR) is 113 cm³/mol. The minimum atomic E-state index is -1.74. The minimum Gasteiger partial charge on any atom is -0.481 e. The number of aliphatic hydroxyl groups is 1. The van der Waals surface area contributed by atoms with Crippen LogP contribution < -0.4 is 27.4 Å². The average Bonchev–Trinajstić information content (AvgIpc) is 2.71. The monoisotopic (exact) mass is 475 g/mol. The lowest BCUT2D eigenvalue weighted by molar-refractivity contribution is -0.144. The number of nitrogens with two attached hydrogens (primary N) is 2. The summed E-state index contributed by atoms with van der Waals surface area (Å²) in [5, 5.41) is 34.6. The van der Waals surface area contributed by atoms with Crippen LogP contribution in [0.4, 0.5) is 0 Å². The van der Waals surface area contributed by atoms with Gasteiger partial charge in [0.05, 0.1) is 18.6 Å². The van der Waals surface area contributed by atoms with E-state index >= 15 is 0 Å². The van der Waals surface area contributed by atoms with E-state index < -0.39 is 72.3 Å². The number of aliphatic hydroxyl groups excluding tert-OH is 1. The average molecular weight is 475 g/mol. The fourth-order valence-electron chi connectivity index (χ4n) is 2.63. The summed E-state index contributed by atoms with van der Waals surface area (Å²) in [6.07, 6.45) is -2.51. The van der Waals surface area contributed by atoms with Crippen LogP contribution in [-0.2, 0) is 28.8 Å². The molecule has 10 N–H and O–H groups in total. The largest absolute Gasteiger partial charge is 0.481 e. The molecule has 188 valence electrons. The maximum absolute atomic E-state index is 12.6. The summed E-state index contributed by atoms with van der Waals surface area (Å²) >= 11 is 0. The highest BCUT2D eigenvalue weighted by Gasteiger charge is 2.34. The second-order valence-corrected chi connectivity index (χ2v) is 7.70. The third kappa shape index (κ3) is 10.7. The Balaban J connectivity index is 5.49. The van der Waals surface area contributed by atoms with Crippen LogP contribution in [0.2, 0.25) is 0 Å². The van der Waals surface area contributed by atoms with E-state index in [0.29, 0.717) is 6.42 Å². The summed E-state index contributed by atoms with van der Waals surface area (Å²) in [7, 11) is 0. The Morgan fingerprint density at radius 3 is 1.85 bits per heavy atom. The highest BCUT2D eigenvalue weighted by atomic mass is 16.4. The van der Waals surface area contributed by atoms with Crippen LogP contribution in [0.15, 0.2) is 0 Å². The first-order chi connectivity index (χ1) is 15.2. The van der Waals surface area contributed by atoms with Gasteiger partial charge in [-0.2, -0.15) is 0 Å². The van der Waals surface area contributed by atoms with Crippen LogP contribution in [0, 0.1) is 5.92 Å². The number of amides is 4. The maximum Gasteiger partial charge on any atom is 0.326 e. The van der Waals surface area contributed by atoms with Gasteiger partial charge in [0, 0.05) is 6.42 Å². The fourth-order valence-corrected chi connectivity index (χ4v) is 2.63. The van der Waals surface area contributed by atoms with Crippen molar-refractivity contribution in [3.05, 3.63) is 0 Å². The quantitative estimate of drug-likeness (QED) is 0.119. The first-order valence-corrected chi connectivity index (χ1v) is 10.3. The second kappa shape index (κ2) is 14.0. The van der Waals surface area contributed by atoms with Crippen molar-refractivity contribution in [2.24, 2.45) is 17.4 Å². The lowest BCUT2D eigenvalue weighted by atomic mass is 9.98. The van der Waals surface area contributed by atoms with Gasteiger partial charge in [-0.1, -0.05) is 20.3 Å². The summed E-state index contributed by atoms with van der Waals surface area (Å²) in [5.74, 6) is -7.01. The topological polar surface area (TPSA) is 251 Å². The van der Waals surface area contributed by atoms with Crippen LogP contribution in [0.25, 0.3) is 0 Å². The molecule has 0 aliphatic heterocycles. The van der Waals surface area contributed by atoms with Crippen LogP contribution in [0.3, 0.4) is 0 Å². The Labute approximate surface area is 190 Å². The van der Waals surface area contributed by atoms with E-state index in [1.165, 1.54) is 6.92 Å².